The summed E-state index contributed by atoms with van der Waals surface area (Å²) in [6, 6.07) is 3.90. The number of carbonyl (C=O) groups excluding carboxylic acids is 2. The van der Waals surface area contributed by atoms with Crippen molar-refractivity contribution in [2.45, 2.75) is 17.7 Å². The zero-order valence-corrected chi connectivity index (χ0v) is 12.8. The van der Waals surface area contributed by atoms with Crippen molar-refractivity contribution < 1.29 is 27.9 Å². The second-order valence-corrected chi connectivity index (χ2v) is 7.45. The summed E-state index contributed by atoms with van der Waals surface area (Å²) < 4.78 is 26.4. The van der Waals surface area contributed by atoms with Crippen LogP contribution >= 0.6 is 0 Å². The lowest BCUT2D eigenvalue weighted by Crippen LogP contribution is -2.40. The van der Waals surface area contributed by atoms with Crippen LogP contribution in [0.1, 0.15) is 23.2 Å². The molecule has 2 heterocycles. The summed E-state index contributed by atoms with van der Waals surface area (Å²) in [7, 11) is -3.82. The number of anilines is 1. The molecule has 0 saturated carbocycles. The van der Waals surface area contributed by atoms with E-state index in [1.165, 1.54) is 22.5 Å². The molecule has 0 aliphatic carbocycles. The van der Waals surface area contributed by atoms with E-state index in [1.54, 1.807) is 0 Å². The molecule has 1 fully saturated rings. The Bertz CT molecular complexity index is 809. The second kappa shape index (κ2) is 5.43. The van der Waals surface area contributed by atoms with E-state index in [1.807, 2.05) is 0 Å². The molecule has 1 aromatic rings. The summed E-state index contributed by atoms with van der Waals surface area (Å²) in [6.45, 7) is 0.225. The molecular weight excluding hydrogens is 324 g/mol. The van der Waals surface area contributed by atoms with Crippen molar-refractivity contribution in [3.63, 3.8) is 0 Å². The topological polar surface area (TPSA) is 121 Å². The minimum Gasteiger partial charge on any atom is -0.481 e. The number of hydrogen-bond donors (Lipinski definition) is 2. The Labute approximate surface area is 132 Å². The zero-order chi connectivity index (χ0) is 16.8. The van der Waals surface area contributed by atoms with Gasteiger partial charge in [0.15, 0.2) is 0 Å². The fourth-order valence-corrected chi connectivity index (χ4v) is 4.27. The monoisotopic (exact) mass is 338 g/mol. The van der Waals surface area contributed by atoms with Crippen LogP contribution in [0.2, 0.25) is 0 Å². The molecule has 0 aromatic heterocycles. The lowest BCUT2D eigenvalue weighted by atomic mass is 9.99. The average molecular weight is 338 g/mol. The van der Waals surface area contributed by atoms with Gasteiger partial charge in [0.2, 0.25) is 10.0 Å². The highest BCUT2D eigenvalue weighted by atomic mass is 32.2. The Hall–Kier alpha value is -2.26. The highest BCUT2D eigenvalue weighted by Crippen LogP contribution is 2.29. The van der Waals surface area contributed by atoms with Gasteiger partial charge in [-0.2, -0.15) is 4.31 Å². The van der Waals surface area contributed by atoms with E-state index in [0.29, 0.717) is 5.69 Å². The number of aliphatic carboxylic acids is 1. The van der Waals surface area contributed by atoms with Gasteiger partial charge in [0.05, 0.1) is 22.1 Å². The molecule has 2 N–H and O–H groups in total. The summed E-state index contributed by atoms with van der Waals surface area (Å²) in [5, 5.41) is 11.3. The third-order valence-electron chi connectivity index (χ3n) is 4.13. The molecule has 2 aliphatic rings. The number of carboxylic acids is 1. The number of sulfonamides is 1. The van der Waals surface area contributed by atoms with Crippen LogP contribution in [-0.4, -0.2) is 48.6 Å². The number of carboxylic acid groups (broad SMARTS) is 1. The smallest absolute Gasteiger partial charge is 0.306 e. The van der Waals surface area contributed by atoms with Crippen molar-refractivity contribution in [1.82, 2.24) is 4.31 Å². The van der Waals surface area contributed by atoms with Crippen molar-refractivity contribution in [3.05, 3.63) is 23.8 Å². The first-order chi connectivity index (χ1) is 10.8. The van der Waals surface area contributed by atoms with Gasteiger partial charge in [-0.3, -0.25) is 14.4 Å². The van der Waals surface area contributed by atoms with E-state index in [2.05, 4.69) is 5.32 Å². The average Bonchev–Trinajstić information content (AvgIpc) is 2.82. The number of hydrogen-bond acceptors (Lipinski definition) is 5. The Kier molecular flexibility index (Phi) is 3.69. The van der Waals surface area contributed by atoms with Crippen LogP contribution in [0.3, 0.4) is 0 Å². The first-order valence-electron chi connectivity index (χ1n) is 7.03. The largest absolute Gasteiger partial charge is 0.481 e. The second-order valence-electron chi connectivity index (χ2n) is 5.51. The molecule has 0 atom stereocenters. The molecule has 122 valence electrons. The van der Waals surface area contributed by atoms with Crippen LogP contribution in [0, 0.1) is 5.92 Å². The van der Waals surface area contributed by atoms with E-state index < -0.39 is 33.6 Å². The van der Waals surface area contributed by atoms with Crippen molar-refractivity contribution >= 4 is 33.4 Å². The molecule has 0 unspecified atom stereocenters. The predicted molar refractivity (Wildman–Crippen MR) is 78.5 cm³/mol. The van der Waals surface area contributed by atoms with Gasteiger partial charge in [-0.05, 0) is 31.0 Å². The van der Waals surface area contributed by atoms with Gasteiger partial charge in [0.25, 0.3) is 11.7 Å². The number of Topliss-reactive ketones (excluding diaryl/α,β-unsaturated/α-hetero) is 1. The zero-order valence-electron chi connectivity index (χ0n) is 12.0. The molecule has 9 heteroatoms. The Morgan fingerprint density at radius 3 is 2.48 bits per heavy atom. The molecule has 0 bridgehead atoms. The summed E-state index contributed by atoms with van der Waals surface area (Å²) in [6.07, 6.45) is 0.497. The molecular formula is C14H14N2O6S. The molecule has 8 nitrogen and oxygen atoms in total. The normalized spacial score (nSPS) is 19.5. The molecule has 2 aliphatic heterocycles. The molecule has 1 aromatic carbocycles. The molecule has 1 saturated heterocycles. The molecule has 1 amide bonds. The third-order valence-corrected chi connectivity index (χ3v) is 6.03. The highest BCUT2D eigenvalue weighted by Gasteiger charge is 2.34. The van der Waals surface area contributed by atoms with E-state index in [4.69, 9.17) is 5.11 Å². The van der Waals surface area contributed by atoms with Crippen molar-refractivity contribution in [2.24, 2.45) is 5.92 Å². The van der Waals surface area contributed by atoms with E-state index in [0.717, 1.165) is 0 Å². The standard InChI is InChI=1S/C14H14N2O6S/c17-12-10-7-9(1-2-11(10)15-13(12)18)23(21,22)16-5-3-8(4-6-16)14(19)20/h1-2,7-8H,3-6H2,(H,19,20)(H,15,17,18). The van der Waals surface area contributed by atoms with Crippen LogP contribution in [-0.2, 0) is 19.6 Å². The number of fused-ring (bicyclic) bond motifs is 1. The van der Waals surface area contributed by atoms with Crippen LogP contribution in [0.5, 0.6) is 0 Å². The third kappa shape index (κ3) is 2.62. The number of piperidine rings is 1. The number of ketones is 1. The summed E-state index contributed by atoms with van der Waals surface area (Å²) >= 11 is 0. The maximum atomic E-state index is 12.6. The summed E-state index contributed by atoms with van der Waals surface area (Å²) in [4.78, 5) is 33.9. The van der Waals surface area contributed by atoms with Crippen LogP contribution in [0.25, 0.3) is 0 Å². The Morgan fingerprint density at radius 1 is 1.22 bits per heavy atom. The van der Waals surface area contributed by atoms with Gasteiger partial charge < -0.3 is 10.4 Å². The first kappa shape index (κ1) is 15.6. The fourth-order valence-electron chi connectivity index (χ4n) is 2.77. The maximum absolute atomic E-state index is 12.6. The van der Waals surface area contributed by atoms with Crippen LogP contribution < -0.4 is 5.32 Å². The first-order valence-corrected chi connectivity index (χ1v) is 8.47. The van der Waals surface area contributed by atoms with Crippen LogP contribution in [0.15, 0.2) is 23.1 Å². The Morgan fingerprint density at radius 2 is 1.87 bits per heavy atom. The van der Waals surface area contributed by atoms with Crippen molar-refractivity contribution in [2.75, 3.05) is 18.4 Å². The van der Waals surface area contributed by atoms with Gasteiger partial charge >= 0.3 is 5.97 Å². The van der Waals surface area contributed by atoms with Gasteiger partial charge in [0, 0.05) is 13.1 Å². The number of benzene rings is 1. The molecule has 0 spiro atoms. The molecule has 0 radical (unpaired) electrons. The predicted octanol–water partition coefficient (Wildman–Crippen LogP) is 0.307. The van der Waals surface area contributed by atoms with E-state index in [9.17, 15) is 22.8 Å². The Balaban J connectivity index is 1.86. The number of amides is 1. The minimum atomic E-state index is -3.82. The molecule has 23 heavy (non-hydrogen) atoms. The fraction of sp³-hybridized carbons (Fsp3) is 0.357. The van der Waals surface area contributed by atoms with E-state index in [-0.39, 0.29) is 36.4 Å². The van der Waals surface area contributed by atoms with Gasteiger partial charge in [-0.15, -0.1) is 0 Å². The van der Waals surface area contributed by atoms with E-state index >= 15 is 0 Å². The number of carbonyl (C=O) groups is 3. The summed E-state index contributed by atoms with van der Waals surface area (Å²) in [5.41, 5.74) is 0.333. The van der Waals surface area contributed by atoms with Crippen LogP contribution in [0.4, 0.5) is 5.69 Å². The SMILES string of the molecule is O=C1Nc2ccc(S(=O)(=O)N3CCC(C(=O)O)CC3)cc2C1=O. The molecule has 3 rings (SSSR count). The quantitative estimate of drug-likeness (QED) is 0.765. The summed E-state index contributed by atoms with van der Waals surface area (Å²) in [5.74, 6) is -3.00. The van der Waals surface area contributed by atoms with Crippen molar-refractivity contribution in [1.29, 1.82) is 0 Å². The maximum Gasteiger partial charge on any atom is 0.306 e. The van der Waals surface area contributed by atoms with Gasteiger partial charge in [0.1, 0.15) is 0 Å². The lowest BCUT2D eigenvalue weighted by molar-refractivity contribution is -0.142. The highest BCUT2D eigenvalue weighted by molar-refractivity contribution is 7.89. The number of nitrogens with zero attached hydrogens (tertiary/aromatic N) is 1. The van der Waals surface area contributed by atoms with Gasteiger partial charge in [-0.25, -0.2) is 8.42 Å². The minimum absolute atomic E-state index is 0.0384. The number of nitrogens with one attached hydrogen (secondary N) is 1. The number of rotatable bonds is 3. The van der Waals surface area contributed by atoms with Gasteiger partial charge in [-0.1, -0.05) is 0 Å². The van der Waals surface area contributed by atoms with Crippen molar-refractivity contribution in [3.8, 4) is 0 Å². The lowest BCUT2D eigenvalue weighted by Gasteiger charge is -2.29.